The van der Waals surface area contributed by atoms with Gasteiger partial charge in [-0.3, -0.25) is 4.57 Å². The molecular weight excluding hydrogens is 276 g/mol. The molecule has 4 rings (SSSR count). The maximum atomic E-state index is 10.3. The summed E-state index contributed by atoms with van der Waals surface area (Å²) < 4.78 is 7.49. The highest BCUT2D eigenvalue weighted by Crippen LogP contribution is 2.57. The van der Waals surface area contributed by atoms with Gasteiger partial charge in [-0.05, 0) is 13.0 Å². The monoisotopic (exact) mass is 292 g/mol. The quantitative estimate of drug-likeness (QED) is 0.516. The van der Waals surface area contributed by atoms with Crippen LogP contribution in [0.5, 0.6) is 0 Å². The molecule has 1 saturated heterocycles. The van der Waals surface area contributed by atoms with Gasteiger partial charge in [0.25, 0.3) is 0 Å². The van der Waals surface area contributed by atoms with Crippen LogP contribution in [0.4, 0.5) is 5.82 Å². The Kier molecular flexibility index (Phi) is 2.52. The molecule has 2 unspecified atom stereocenters. The Hall–Kier alpha value is -1.81. The number of aromatic nitrogens is 4. The predicted molar refractivity (Wildman–Crippen MR) is 71.8 cm³/mol. The van der Waals surface area contributed by atoms with Gasteiger partial charge in [0, 0.05) is 5.92 Å². The Balaban J connectivity index is 1.75. The first-order valence-electron chi connectivity index (χ1n) is 6.75. The van der Waals surface area contributed by atoms with Gasteiger partial charge in [0.2, 0.25) is 0 Å². The summed E-state index contributed by atoms with van der Waals surface area (Å²) in [5.74, 6) is 0.314. The number of anilines is 1. The molecule has 9 heteroatoms. The molecule has 1 spiro atoms. The van der Waals surface area contributed by atoms with Crippen LogP contribution in [0.1, 0.15) is 12.6 Å². The van der Waals surface area contributed by atoms with Crippen LogP contribution in [0.25, 0.3) is 11.2 Å². The van der Waals surface area contributed by atoms with E-state index >= 15 is 0 Å². The third-order valence-electron chi connectivity index (χ3n) is 4.50. The number of nitrogens with zero attached hydrogens (tertiary/aromatic N) is 4. The lowest BCUT2D eigenvalue weighted by molar-refractivity contribution is -0.0526. The molecule has 1 saturated carbocycles. The van der Waals surface area contributed by atoms with E-state index < -0.39 is 24.0 Å². The van der Waals surface area contributed by atoms with Gasteiger partial charge in [0.1, 0.15) is 29.7 Å². The van der Waals surface area contributed by atoms with Crippen LogP contribution in [0.3, 0.4) is 0 Å². The van der Waals surface area contributed by atoms with Crippen molar-refractivity contribution in [3.8, 4) is 0 Å². The lowest BCUT2D eigenvalue weighted by Crippen LogP contribution is -2.34. The average Bonchev–Trinajstić information content (AvgIpc) is 2.94. The molecule has 2 aromatic rings. The zero-order chi connectivity index (χ0) is 14.8. The Labute approximate surface area is 119 Å². The summed E-state index contributed by atoms with van der Waals surface area (Å²) in [4.78, 5) is 12.1. The van der Waals surface area contributed by atoms with Crippen molar-refractivity contribution in [2.24, 2.45) is 11.7 Å². The topological polar surface area (TPSA) is 145 Å². The predicted octanol–water partition coefficient (Wildman–Crippen LogP) is -1.62. The molecule has 2 fully saturated rings. The van der Waals surface area contributed by atoms with Gasteiger partial charge < -0.3 is 26.4 Å². The summed E-state index contributed by atoms with van der Waals surface area (Å²) in [6.07, 6.45) is 0.624. The van der Waals surface area contributed by atoms with Crippen LogP contribution in [-0.2, 0) is 4.74 Å². The fourth-order valence-electron chi connectivity index (χ4n) is 3.20. The largest absolute Gasteiger partial charge is 0.387 e. The molecule has 2 aromatic heterocycles. The number of nitrogens with two attached hydrogens (primary N) is 2. The summed E-state index contributed by atoms with van der Waals surface area (Å²) in [6, 6.07) is 0. The highest BCUT2D eigenvalue weighted by Gasteiger charge is 2.68. The van der Waals surface area contributed by atoms with Crippen molar-refractivity contribution in [2.75, 3.05) is 12.3 Å². The Morgan fingerprint density at radius 1 is 1.38 bits per heavy atom. The van der Waals surface area contributed by atoms with Gasteiger partial charge in [0.05, 0.1) is 6.33 Å². The Morgan fingerprint density at radius 3 is 2.90 bits per heavy atom. The fraction of sp³-hybridized carbons (Fsp3) is 0.583. The lowest BCUT2D eigenvalue weighted by Gasteiger charge is -2.16. The summed E-state index contributed by atoms with van der Waals surface area (Å²) in [5, 5.41) is 20.6. The third-order valence-corrected chi connectivity index (χ3v) is 4.50. The summed E-state index contributed by atoms with van der Waals surface area (Å²) in [5.41, 5.74) is 11.5. The second kappa shape index (κ2) is 4.10. The van der Waals surface area contributed by atoms with Crippen LogP contribution < -0.4 is 11.5 Å². The number of rotatable bonds is 2. The normalized spacial score (nSPS) is 38.4. The van der Waals surface area contributed by atoms with Gasteiger partial charge in [-0.15, -0.1) is 0 Å². The minimum atomic E-state index is -1.07. The molecule has 112 valence electrons. The van der Waals surface area contributed by atoms with Crippen molar-refractivity contribution in [1.29, 1.82) is 0 Å². The Bertz CT molecular complexity index is 705. The molecule has 3 heterocycles. The smallest absolute Gasteiger partial charge is 0.167 e. The highest BCUT2D eigenvalue weighted by atomic mass is 16.6. The highest BCUT2D eigenvalue weighted by molar-refractivity contribution is 5.81. The molecule has 9 nitrogen and oxygen atoms in total. The van der Waals surface area contributed by atoms with Gasteiger partial charge >= 0.3 is 0 Å². The summed E-state index contributed by atoms with van der Waals surface area (Å²) in [7, 11) is 0. The van der Waals surface area contributed by atoms with E-state index in [1.807, 2.05) is 0 Å². The number of aliphatic hydroxyl groups is 2. The number of hydrogen-bond acceptors (Lipinski definition) is 8. The SMILES string of the molecule is NC[C@@H]1C[C@@]12OC(n1cnc3c(N)ncnc31)[C@@H](O)C2O. The number of imidazole rings is 1. The van der Waals surface area contributed by atoms with Gasteiger partial charge in [-0.25, -0.2) is 15.0 Å². The maximum Gasteiger partial charge on any atom is 0.167 e. The van der Waals surface area contributed by atoms with Crippen molar-refractivity contribution >= 4 is 17.0 Å². The van der Waals surface area contributed by atoms with E-state index in [1.165, 1.54) is 12.7 Å². The maximum absolute atomic E-state index is 10.3. The molecular formula is C12H16N6O3. The molecule has 0 aromatic carbocycles. The van der Waals surface area contributed by atoms with Crippen LogP contribution in [-0.4, -0.2) is 54.1 Å². The minimum Gasteiger partial charge on any atom is -0.387 e. The van der Waals surface area contributed by atoms with E-state index in [-0.39, 0.29) is 11.7 Å². The molecule has 1 aliphatic carbocycles. The fourth-order valence-corrected chi connectivity index (χ4v) is 3.20. The van der Waals surface area contributed by atoms with Crippen LogP contribution in [0, 0.1) is 5.92 Å². The average molecular weight is 292 g/mol. The number of nitrogen functional groups attached to an aromatic ring is 1. The van der Waals surface area contributed by atoms with Gasteiger partial charge in [-0.1, -0.05) is 0 Å². The van der Waals surface area contributed by atoms with Crippen molar-refractivity contribution in [3.05, 3.63) is 12.7 Å². The molecule has 5 atom stereocenters. The number of aliphatic hydroxyl groups excluding tert-OH is 2. The van der Waals surface area contributed by atoms with E-state index in [9.17, 15) is 10.2 Å². The molecule has 6 N–H and O–H groups in total. The molecule has 0 bridgehead atoms. The molecule has 0 amide bonds. The summed E-state index contributed by atoms with van der Waals surface area (Å²) in [6.45, 7) is 0.413. The van der Waals surface area contributed by atoms with Gasteiger partial charge in [-0.2, -0.15) is 0 Å². The summed E-state index contributed by atoms with van der Waals surface area (Å²) >= 11 is 0. The first-order valence-corrected chi connectivity index (χ1v) is 6.75. The van der Waals surface area contributed by atoms with Crippen molar-refractivity contribution in [2.45, 2.75) is 30.5 Å². The molecule has 21 heavy (non-hydrogen) atoms. The number of fused-ring (bicyclic) bond motifs is 1. The van der Waals surface area contributed by atoms with Gasteiger partial charge in [0.15, 0.2) is 17.7 Å². The second-order valence-corrected chi connectivity index (χ2v) is 5.62. The zero-order valence-corrected chi connectivity index (χ0v) is 11.1. The van der Waals surface area contributed by atoms with Crippen molar-refractivity contribution in [1.82, 2.24) is 19.5 Å². The van der Waals surface area contributed by atoms with E-state index in [2.05, 4.69) is 15.0 Å². The standard InChI is InChI=1S/C12H16N6O3/c13-2-5-1-12(5)8(20)7(19)11(21-12)18-4-17-6-9(14)15-3-16-10(6)18/h3-5,7-8,11,19-20H,1-2,13H2,(H2,14,15,16)/t5-,7-,8?,11?,12+/m0/s1. The van der Waals surface area contributed by atoms with E-state index in [0.29, 0.717) is 24.1 Å². The number of ether oxygens (including phenoxy) is 1. The second-order valence-electron chi connectivity index (χ2n) is 5.62. The van der Waals surface area contributed by atoms with Crippen LogP contribution >= 0.6 is 0 Å². The van der Waals surface area contributed by atoms with E-state index in [4.69, 9.17) is 16.2 Å². The third kappa shape index (κ3) is 1.57. The molecule has 2 aliphatic rings. The molecule has 0 radical (unpaired) electrons. The van der Waals surface area contributed by atoms with Crippen LogP contribution in [0.2, 0.25) is 0 Å². The minimum absolute atomic E-state index is 0.0571. The number of hydrogen-bond donors (Lipinski definition) is 4. The Morgan fingerprint density at radius 2 is 2.19 bits per heavy atom. The lowest BCUT2D eigenvalue weighted by atomic mass is 10.1. The first kappa shape index (κ1) is 12.9. The van der Waals surface area contributed by atoms with Crippen LogP contribution in [0.15, 0.2) is 12.7 Å². The zero-order valence-electron chi connectivity index (χ0n) is 11.1. The van der Waals surface area contributed by atoms with E-state index in [0.717, 1.165) is 0 Å². The van der Waals surface area contributed by atoms with Crippen molar-refractivity contribution < 1.29 is 14.9 Å². The molecule has 1 aliphatic heterocycles. The van der Waals surface area contributed by atoms with E-state index in [1.54, 1.807) is 4.57 Å². The first-order chi connectivity index (χ1) is 10.1. The van der Waals surface area contributed by atoms with Crippen molar-refractivity contribution in [3.63, 3.8) is 0 Å².